The van der Waals surface area contributed by atoms with Crippen LogP contribution in [-0.2, 0) is 13.1 Å². The number of aromatic amines is 1. The Balaban J connectivity index is 1.25. The van der Waals surface area contributed by atoms with Crippen molar-refractivity contribution in [3.05, 3.63) is 36.7 Å². The number of nitrogens with zero attached hydrogens (tertiary/aromatic N) is 5. The molecule has 1 spiro atoms. The predicted octanol–water partition coefficient (Wildman–Crippen LogP) is 1.59. The summed E-state index contributed by atoms with van der Waals surface area (Å²) in [6.45, 7) is 7.79. The van der Waals surface area contributed by atoms with Gasteiger partial charge in [-0.1, -0.05) is 0 Å². The zero-order valence-corrected chi connectivity index (χ0v) is 16.1. The Kier molecular flexibility index (Phi) is 5.90. The number of aliphatic hydroxyl groups excluding tert-OH is 1. The number of aryl methyl sites for hydroxylation is 1. The van der Waals surface area contributed by atoms with E-state index in [1.54, 1.807) is 6.33 Å². The Hall–Kier alpha value is -1.70. The lowest BCUT2D eigenvalue weighted by atomic mass is 9.64. The van der Waals surface area contributed by atoms with Gasteiger partial charge in [0.15, 0.2) is 0 Å². The van der Waals surface area contributed by atoms with Crippen molar-refractivity contribution in [3.8, 4) is 0 Å². The van der Waals surface area contributed by atoms with E-state index in [2.05, 4.69) is 24.9 Å². The quantitative estimate of drug-likeness (QED) is 0.772. The SMILES string of the molecule is OCC1CN(Cc2cnc[nH]2)CCC12CCN(CCCn1cccn1)CC2. The van der Waals surface area contributed by atoms with Gasteiger partial charge in [-0.3, -0.25) is 9.58 Å². The van der Waals surface area contributed by atoms with Crippen molar-refractivity contribution >= 4 is 0 Å². The zero-order chi connectivity index (χ0) is 18.5. The number of likely N-dealkylation sites (tertiary alicyclic amines) is 2. The molecule has 2 fully saturated rings. The standard InChI is InChI=1S/C20H32N6O/c27-16-18-14-25(15-19-13-21-17-22-19)12-5-20(18)3-10-24(11-4-20)7-2-9-26-8-1-6-23-26/h1,6,8,13,17-18,27H,2-5,7,9-12,14-16H2,(H,21,22). The number of hydrogen-bond donors (Lipinski definition) is 2. The van der Waals surface area contributed by atoms with Crippen LogP contribution < -0.4 is 0 Å². The molecule has 148 valence electrons. The third kappa shape index (κ3) is 4.42. The predicted molar refractivity (Wildman–Crippen MR) is 104 cm³/mol. The normalized spacial score (nSPS) is 23.8. The molecular formula is C20H32N6O. The molecule has 4 heterocycles. The Morgan fingerprint density at radius 1 is 1.15 bits per heavy atom. The van der Waals surface area contributed by atoms with Crippen LogP contribution in [0.3, 0.4) is 0 Å². The van der Waals surface area contributed by atoms with E-state index in [9.17, 15) is 5.11 Å². The number of piperidine rings is 2. The van der Waals surface area contributed by atoms with E-state index in [4.69, 9.17) is 0 Å². The lowest BCUT2D eigenvalue weighted by Gasteiger charge is -2.51. The highest BCUT2D eigenvalue weighted by atomic mass is 16.3. The summed E-state index contributed by atoms with van der Waals surface area (Å²) in [5, 5.41) is 14.4. The van der Waals surface area contributed by atoms with E-state index in [-0.39, 0.29) is 0 Å². The molecule has 2 aliphatic heterocycles. The molecule has 0 radical (unpaired) electrons. The minimum absolute atomic E-state index is 0.304. The van der Waals surface area contributed by atoms with Gasteiger partial charge in [0.1, 0.15) is 0 Å². The molecule has 2 aliphatic rings. The highest BCUT2D eigenvalue weighted by Crippen LogP contribution is 2.45. The second-order valence-corrected chi connectivity index (χ2v) is 8.27. The average Bonchev–Trinajstić information content (AvgIpc) is 3.39. The molecule has 0 aromatic carbocycles. The number of nitrogens with one attached hydrogen (secondary N) is 1. The van der Waals surface area contributed by atoms with Crippen LogP contribution in [0, 0.1) is 11.3 Å². The second kappa shape index (κ2) is 8.54. The van der Waals surface area contributed by atoms with Gasteiger partial charge in [0, 0.05) is 56.4 Å². The second-order valence-electron chi connectivity index (χ2n) is 8.27. The van der Waals surface area contributed by atoms with Crippen molar-refractivity contribution in [3.63, 3.8) is 0 Å². The van der Waals surface area contributed by atoms with Crippen LogP contribution in [0.15, 0.2) is 31.0 Å². The third-order valence-corrected chi connectivity index (χ3v) is 6.71. The molecule has 4 rings (SSSR count). The summed E-state index contributed by atoms with van der Waals surface area (Å²) >= 11 is 0. The zero-order valence-electron chi connectivity index (χ0n) is 16.1. The van der Waals surface area contributed by atoms with Crippen LogP contribution in [0.25, 0.3) is 0 Å². The Bertz CT molecular complexity index is 663. The fraction of sp³-hybridized carbons (Fsp3) is 0.700. The van der Waals surface area contributed by atoms with Gasteiger partial charge in [0.2, 0.25) is 0 Å². The van der Waals surface area contributed by atoms with E-state index < -0.39 is 0 Å². The van der Waals surface area contributed by atoms with Crippen molar-refractivity contribution in [1.82, 2.24) is 29.5 Å². The first-order valence-corrected chi connectivity index (χ1v) is 10.3. The molecule has 7 nitrogen and oxygen atoms in total. The molecule has 0 aliphatic carbocycles. The average molecular weight is 373 g/mol. The first-order valence-electron chi connectivity index (χ1n) is 10.3. The van der Waals surface area contributed by atoms with Gasteiger partial charge in [-0.15, -0.1) is 0 Å². The summed E-state index contributed by atoms with van der Waals surface area (Å²) in [5.41, 5.74) is 1.49. The van der Waals surface area contributed by atoms with E-state index in [1.165, 1.54) is 19.3 Å². The summed E-state index contributed by atoms with van der Waals surface area (Å²) in [6, 6.07) is 1.98. The molecule has 2 aromatic rings. The van der Waals surface area contributed by atoms with Crippen molar-refractivity contribution in [2.24, 2.45) is 11.3 Å². The van der Waals surface area contributed by atoms with Crippen LogP contribution in [0.1, 0.15) is 31.4 Å². The van der Waals surface area contributed by atoms with Crippen molar-refractivity contribution in [2.45, 2.75) is 38.8 Å². The fourth-order valence-electron chi connectivity index (χ4n) is 4.96. The maximum atomic E-state index is 10.1. The maximum Gasteiger partial charge on any atom is 0.0922 e. The summed E-state index contributed by atoms with van der Waals surface area (Å²) in [4.78, 5) is 12.4. The molecule has 2 aromatic heterocycles. The molecule has 7 heteroatoms. The van der Waals surface area contributed by atoms with Crippen LogP contribution in [0.2, 0.25) is 0 Å². The van der Waals surface area contributed by atoms with E-state index in [0.717, 1.165) is 57.9 Å². The molecule has 2 saturated heterocycles. The fourth-order valence-corrected chi connectivity index (χ4v) is 4.96. The van der Waals surface area contributed by atoms with Crippen LogP contribution >= 0.6 is 0 Å². The number of imidazole rings is 1. The minimum Gasteiger partial charge on any atom is -0.396 e. The molecular weight excluding hydrogens is 340 g/mol. The van der Waals surface area contributed by atoms with Crippen LogP contribution in [0.4, 0.5) is 0 Å². The summed E-state index contributed by atoms with van der Waals surface area (Å²) in [7, 11) is 0. The summed E-state index contributed by atoms with van der Waals surface area (Å²) < 4.78 is 2.02. The van der Waals surface area contributed by atoms with Gasteiger partial charge in [0.05, 0.1) is 6.33 Å². The van der Waals surface area contributed by atoms with Crippen molar-refractivity contribution < 1.29 is 5.11 Å². The maximum absolute atomic E-state index is 10.1. The molecule has 0 saturated carbocycles. The largest absolute Gasteiger partial charge is 0.396 e. The van der Waals surface area contributed by atoms with Gasteiger partial charge in [-0.05, 0) is 63.3 Å². The first-order chi connectivity index (χ1) is 13.3. The lowest BCUT2D eigenvalue weighted by Crippen LogP contribution is -2.53. The van der Waals surface area contributed by atoms with Gasteiger partial charge >= 0.3 is 0 Å². The van der Waals surface area contributed by atoms with E-state index >= 15 is 0 Å². The number of hydrogen-bond acceptors (Lipinski definition) is 5. The molecule has 2 N–H and O–H groups in total. The Labute approximate surface area is 161 Å². The molecule has 1 unspecified atom stereocenters. The lowest BCUT2D eigenvalue weighted by molar-refractivity contribution is -0.0441. The number of rotatable bonds is 7. The number of aliphatic hydroxyl groups is 1. The van der Waals surface area contributed by atoms with E-state index in [0.29, 0.717) is 17.9 Å². The van der Waals surface area contributed by atoms with E-state index in [1.807, 2.05) is 29.3 Å². The molecule has 1 atom stereocenters. The number of aromatic nitrogens is 4. The van der Waals surface area contributed by atoms with Crippen molar-refractivity contribution in [2.75, 3.05) is 39.3 Å². The van der Waals surface area contributed by atoms with Crippen molar-refractivity contribution in [1.29, 1.82) is 0 Å². The summed E-state index contributed by atoms with van der Waals surface area (Å²) in [6.07, 6.45) is 12.3. The van der Waals surface area contributed by atoms with Gasteiger partial charge < -0.3 is 15.0 Å². The molecule has 27 heavy (non-hydrogen) atoms. The Morgan fingerprint density at radius 2 is 1.96 bits per heavy atom. The monoisotopic (exact) mass is 372 g/mol. The molecule has 0 amide bonds. The molecule has 0 bridgehead atoms. The Morgan fingerprint density at radius 3 is 2.63 bits per heavy atom. The summed E-state index contributed by atoms with van der Waals surface area (Å²) in [5.74, 6) is 0.389. The highest BCUT2D eigenvalue weighted by Gasteiger charge is 2.44. The smallest absolute Gasteiger partial charge is 0.0922 e. The van der Waals surface area contributed by atoms with Crippen LogP contribution in [0.5, 0.6) is 0 Å². The van der Waals surface area contributed by atoms with Crippen LogP contribution in [-0.4, -0.2) is 74.0 Å². The third-order valence-electron chi connectivity index (χ3n) is 6.71. The van der Waals surface area contributed by atoms with Gasteiger partial charge in [-0.25, -0.2) is 4.98 Å². The number of H-pyrrole nitrogens is 1. The van der Waals surface area contributed by atoms with Gasteiger partial charge in [-0.2, -0.15) is 5.10 Å². The highest BCUT2D eigenvalue weighted by molar-refractivity contribution is 4.99. The minimum atomic E-state index is 0.304. The topological polar surface area (TPSA) is 73.2 Å². The van der Waals surface area contributed by atoms with Gasteiger partial charge in [0.25, 0.3) is 0 Å². The first kappa shape index (κ1) is 18.7.